The largest absolute Gasteiger partial charge is 0.378 e. The van der Waals surface area contributed by atoms with Crippen molar-refractivity contribution in [2.45, 2.75) is 71.9 Å². The van der Waals surface area contributed by atoms with Gasteiger partial charge in [-0.15, -0.1) is 0 Å². The van der Waals surface area contributed by atoms with Crippen molar-refractivity contribution < 1.29 is 4.74 Å². The molecule has 0 aromatic carbocycles. The zero-order valence-corrected chi connectivity index (χ0v) is 13.0. The van der Waals surface area contributed by atoms with Crippen molar-refractivity contribution in [3.8, 4) is 0 Å². The predicted molar refractivity (Wildman–Crippen MR) is 78.8 cm³/mol. The van der Waals surface area contributed by atoms with Gasteiger partial charge >= 0.3 is 0 Å². The molecule has 0 aromatic heterocycles. The molecular formula is C16H33NO. The molecule has 1 fully saturated rings. The molecule has 0 heterocycles. The molecule has 1 rings (SSSR count). The topological polar surface area (TPSA) is 21.3 Å². The van der Waals surface area contributed by atoms with Gasteiger partial charge in [0.1, 0.15) is 0 Å². The maximum absolute atomic E-state index is 6.19. The Morgan fingerprint density at radius 1 is 1.22 bits per heavy atom. The van der Waals surface area contributed by atoms with Crippen LogP contribution in [0.3, 0.4) is 0 Å². The number of ether oxygens (including phenoxy) is 1. The molecule has 1 saturated carbocycles. The van der Waals surface area contributed by atoms with Crippen LogP contribution >= 0.6 is 0 Å². The molecule has 0 bridgehead atoms. The van der Waals surface area contributed by atoms with Crippen LogP contribution < -0.4 is 5.32 Å². The molecule has 4 atom stereocenters. The Kier molecular flexibility index (Phi) is 7.25. The quantitative estimate of drug-likeness (QED) is 0.698. The Bertz CT molecular complexity index is 217. The van der Waals surface area contributed by atoms with Crippen LogP contribution in [0.2, 0.25) is 0 Å². The fourth-order valence-electron chi connectivity index (χ4n) is 3.07. The second-order valence-electron chi connectivity index (χ2n) is 6.57. The lowest BCUT2D eigenvalue weighted by molar-refractivity contribution is -0.0397. The van der Waals surface area contributed by atoms with E-state index in [2.05, 4.69) is 33.0 Å². The average molecular weight is 255 g/mol. The zero-order chi connectivity index (χ0) is 13.5. The van der Waals surface area contributed by atoms with E-state index in [-0.39, 0.29) is 0 Å². The van der Waals surface area contributed by atoms with E-state index in [1.54, 1.807) is 0 Å². The van der Waals surface area contributed by atoms with Gasteiger partial charge in [0.25, 0.3) is 0 Å². The van der Waals surface area contributed by atoms with Crippen molar-refractivity contribution in [1.82, 2.24) is 5.32 Å². The van der Waals surface area contributed by atoms with Gasteiger partial charge in [0.2, 0.25) is 0 Å². The number of rotatable bonds is 7. The Labute approximate surface area is 114 Å². The van der Waals surface area contributed by atoms with E-state index in [0.29, 0.717) is 12.1 Å². The minimum absolute atomic E-state index is 0.513. The number of hydrogen-bond acceptors (Lipinski definition) is 2. The maximum atomic E-state index is 6.19. The molecule has 18 heavy (non-hydrogen) atoms. The van der Waals surface area contributed by atoms with Crippen molar-refractivity contribution in [3.63, 3.8) is 0 Å². The predicted octanol–water partition coefficient (Wildman–Crippen LogP) is 3.85. The van der Waals surface area contributed by atoms with E-state index in [1.807, 2.05) is 7.05 Å². The van der Waals surface area contributed by atoms with Crippen LogP contribution in [0.5, 0.6) is 0 Å². The van der Waals surface area contributed by atoms with Gasteiger partial charge in [0, 0.05) is 12.6 Å². The summed E-state index contributed by atoms with van der Waals surface area (Å²) in [6.45, 7) is 10.2. The van der Waals surface area contributed by atoms with Gasteiger partial charge in [-0.1, -0.05) is 27.2 Å². The first-order valence-corrected chi connectivity index (χ1v) is 7.83. The van der Waals surface area contributed by atoms with Crippen LogP contribution in [0.4, 0.5) is 0 Å². The van der Waals surface area contributed by atoms with E-state index >= 15 is 0 Å². The Hall–Kier alpha value is -0.0800. The van der Waals surface area contributed by atoms with Crippen LogP contribution in [-0.2, 0) is 4.74 Å². The molecule has 108 valence electrons. The molecule has 0 saturated heterocycles. The molecular weight excluding hydrogens is 222 g/mol. The summed E-state index contributed by atoms with van der Waals surface area (Å²) in [7, 11) is 2.03. The molecule has 4 unspecified atom stereocenters. The highest BCUT2D eigenvalue weighted by atomic mass is 16.5. The normalized spacial score (nSPS) is 30.7. The summed E-state index contributed by atoms with van der Waals surface area (Å²) in [5.41, 5.74) is 0. The van der Waals surface area contributed by atoms with Crippen molar-refractivity contribution in [2.75, 3.05) is 13.7 Å². The highest BCUT2D eigenvalue weighted by molar-refractivity contribution is 4.81. The van der Waals surface area contributed by atoms with Gasteiger partial charge in [0.05, 0.1) is 6.10 Å². The van der Waals surface area contributed by atoms with E-state index in [9.17, 15) is 0 Å². The smallest absolute Gasteiger partial charge is 0.0608 e. The highest BCUT2D eigenvalue weighted by Crippen LogP contribution is 2.35. The second-order valence-corrected chi connectivity index (χ2v) is 6.57. The second kappa shape index (κ2) is 8.16. The SMILES string of the molecule is CNC(C)CCCOC1CC(C)CCC1C(C)C. The van der Waals surface area contributed by atoms with E-state index in [0.717, 1.165) is 24.4 Å². The summed E-state index contributed by atoms with van der Waals surface area (Å²) in [4.78, 5) is 0. The lowest BCUT2D eigenvalue weighted by atomic mass is 9.75. The van der Waals surface area contributed by atoms with Gasteiger partial charge in [-0.2, -0.15) is 0 Å². The van der Waals surface area contributed by atoms with Gasteiger partial charge in [-0.05, 0) is 57.4 Å². The van der Waals surface area contributed by atoms with Gasteiger partial charge in [-0.25, -0.2) is 0 Å². The lowest BCUT2D eigenvalue weighted by Crippen LogP contribution is -2.34. The summed E-state index contributed by atoms with van der Waals surface area (Å²) in [5.74, 6) is 2.39. The Balaban J connectivity index is 2.28. The lowest BCUT2D eigenvalue weighted by Gasteiger charge is -2.37. The molecule has 1 N–H and O–H groups in total. The third-order valence-corrected chi connectivity index (χ3v) is 4.57. The first-order chi connectivity index (χ1) is 8.54. The first-order valence-electron chi connectivity index (χ1n) is 7.83. The first kappa shape index (κ1) is 16.0. The van der Waals surface area contributed by atoms with Crippen LogP contribution in [0.25, 0.3) is 0 Å². The van der Waals surface area contributed by atoms with Gasteiger partial charge in [-0.3, -0.25) is 0 Å². The monoisotopic (exact) mass is 255 g/mol. The standard InChI is InChI=1S/C16H33NO/c1-12(2)15-9-8-13(3)11-16(15)18-10-6-7-14(4)17-5/h12-17H,6-11H2,1-5H3. The third kappa shape index (κ3) is 5.27. The average Bonchev–Trinajstić information content (AvgIpc) is 2.34. The molecule has 2 heteroatoms. The van der Waals surface area contributed by atoms with Crippen LogP contribution in [-0.4, -0.2) is 25.8 Å². The van der Waals surface area contributed by atoms with Gasteiger partial charge < -0.3 is 10.1 Å². The summed E-state index contributed by atoms with van der Waals surface area (Å²) in [6, 6.07) is 0.611. The molecule has 0 radical (unpaired) electrons. The zero-order valence-electron chi connectivity index (χ0n) is 13.0. The van der Waals surface area contributed by atoms with Crippen LogP contribution in [0, 0.1) is 17.8 Å². The number of hydrogen-bond donors (Lipinski definition) is 1. The van der Waals surface area contributed by atoms with Crippen molar-refractivity contribution in [2.24, 2.45) is 17.8 Å². The molecule has 2 nitrogen and oxygen atoms in total. The maximum Gasteiger partial charge on any atom is 0.0608 e. The van der Waals surface area contributed by atoms with Crippen LogP contribution in [0.15, 0.2) is 0 Å². The molecule has 0 aliphatic heterocycles. The van der Waals surface area contributed by atoms with Crippen molar-refractivity contribution >= 4 is 0 Å². The Morgan fingerprint density at radius 3 is 2.56 bits per heavy atom. The Morgan fingerprint density at radius 2 is 1.94 bits per heavy atom. The third-order valence-electron chi connectivity index (χ3n) is 4.57. The van der Waals surface area contributed by atoms with Crippen molar-refractivity contribution in [1.29, 1.82) is 0 Å². The summed E-state index contributed by atoms with van der Waals surface area (Å²) in [5, 5.41) is 3.28. The molecule has 1 aliphatic rings. The minimum Gasteiger partial charge on any atom is -0.378 e. The van der Waals surface area contributed by atoms with Crippen molar-refractivity contribution in [3.05, 3.63) is 0 Å². The van der Waals surface area contributed by atoms with E-state index in [1.165, 1.54) is 32.1 Å². The summed E-state index contributed by atoms with van der Waals surface area (Å²) in [6.07, 6.45) is 6.92. The summed E-state index contributed by atoms with van der Waals surface area (Å²) >= 11 is 0. The van der Waals surface area contributed by atoms with Gasteiger partial charge in [0.15, 0.2) is 0 Å². The molecule has 0 spiro atoms. The molecule has 1 aliphatic carbocycles. The number of nitrogens with one attached hydrogen (secondary N) is 1. The molecule has 0 amide bonds. The minimum atomic E-state index is 0.513. The van der Waals surface area contributed by atoms with E-state index in [4.69, 9.17) is 4.74 Å². The fourth-order valence-corrected chi connectivity index (χ4v) is 3.07. The molecule has 0 aromatic rings. The van der Waals surface area contributed by atoms with Crippen LogP contribution in [0.1, 0.15) is 59.8 Å². The van der Waals surface area contributed by atoms with E-state index < -0.39 is 0 Å². The fraction of sp³-hybridized carbons (Fsp3) is 1.00. The highest BCUT2D eigenvalue weighted by Gasteiger charge is 2.31. The summed E-state index contributed by atoms with van der Waals surface area (Å²) < 4.78 is 6.19.